The molecule has 0 amide bonds. The third kappa shape index (κ3) is 4.56. The Balaban J connectivity index is 1.69. The number of nitrogens with zero attached hydrogens (tertiary/aromatic N) is 7. The number of halogens is 4. The van der Waals surface area contributed by atoms with E-state index in [1.807, 2.05) is 0 Å². The van der Waals surface area contributed by atoms with E-state index in [9.17, 15) is 22.8 Å². The highest BCUT2D eigenvalue weighted by Crippen LogP contribution is 2.31. The lowest BCUT2D eigenvalue weighted by molar-refractivity contribution is 0.472. The monoisotopic (exact) mass is 544 g/mol. The molecule has 38 heavy (non-hydrogen) atoms. The first-order valence-electron chi connectivity index (χ1n) is 11.3. The van der Waals surface area contributed by atoms with Crippen LogP contribution in [0.1, 0.15) is 24.4 Å². The minimum absolute atomic E-state index is 0.0491. The molecule has 5 aromatic rings. The molecule has 0 radical (unpaired) electrons. The summed E-state index contributed by atoms with van der Waals surface area (Å²) < 4.78 is 47.4. The third-order valence-corrected chi connectivity index (χ3v) is 6.33. The minimum atomic E-state index is -1.37. The molecule has 1 unspecified atom stereocenters. The second-order valence-electron chi connectivity index (χ2n) is 8.72. The quantitative estimate of drug-likeness (QED) is 0.328. The first-order valence-corrected chi connectivity index (χ1v) is 11.6. The molecule has 10 nitrogen and oxygen atoms in total. The molecule has 196 valence electrons. The molecule has 0 saturated heterocycles. The molecule has 0 saturated carbocycles. The summed E-state index contributed by atoms with van der Waals surface area (Å²) in [6.45, 7) is 1.15. The molecule has 0 aliphatic heterocycles. The molecule has 0 aliphatic carbocycles. The van der Waals surface area contributed by atoms with Gasteiger partial charge in [0.05, 0.1) is 28.8 Å². The van der Waals surface area contributed by atoms with Crippen LogP contribution in [-0.4, -0.2) is 33.7 Å². The average Bonchev–Trinajstić information content (AvgIpc) is 3.42. The minimum Gasteiger partial charge on any atom is -0.340 e. The number of benzene rings is 2. The van der Waals surface area contributed by atoms with Crippen molar-refractivity contribution < 1.29 is 13.2 Å². The summed E-state index contributed by atoms with van der Waals surface area (Å²) >= 11 is 6.44. The van der Waals surface area contributed by atoms with Crippen molar-refractivity contribution in [2.24, 2.45) is 14.1 Å². The number of hydrogen-bond acceptors (Lipinski definition) is 6. The second-order valence-corrected chi connectivity index (χ2v) is 9.13. The molecule has 3 heterocycles. The zero-order valence-corrected chi connectivity index (χ0v) is 21.0. The SMILES string of the molecule is CC(c1cc(F)c(F)cc1F)n1c(Nc2cc3cn(C)nc3cc2Cl)cc(=O)n(Cc2ncn(C)n2)c1=O. The maximum absolute atomic E-state index is 14.8. The normalized spacial score (nSPS) is 12.3. The fourth-order valence-electron chi connectivity index (χ4n) is 4.21. The highest BCUT2D eigenvalue weighted by molar-refractivity contribution is 6.34. The number of hydrogen-bond donors (Lipinski definition) is 1. The van der Waals surface area contributed by atoms with Crippen LogP contribution in [0.15, 0.2) is 52.4 Å². The van der Waals surface area contributed by atoms with E-state index < -0.39 is 34.7 Å². The smallest absolute Gasteiger partial charge is 0.333 e. The average molecular weight is 545 g/mol. The van der Waals surface area contributed by atoms with Gasteiger partial charge in [-0.1, -0.05) is 11.6 Å². The standard InChI is InChI=1S/C24H20ClF3N8O2/c1-12(14-5-17(27)18(28)7-16(14)26)36-22(30-20-4-13-9-33(2)31-19(13)6-15(20)25)8-23(37)35(24(36)38)10-21-29-11-34(3)32-21/h4-9,11-12,30H,10H2,1-3H3. The van der Waals surface area contributed by atoms with Crippen LogP contribution in [0, 0.1) is 17.5 Å². The van der Waals surface area contributed by atoms with E-state index in [4.69, 9.17) is 11.6 Å². The number of fused-ring (bicyclic) bond motifs is 1. The first kappa shape index (κ1) is 25.3. The maximum atomic E-state index is 14.8. The van der Waals surface area contributed by atoms with Gasteiger partial charge in [0, 0.05) is 43.4 Å². The molecular weight excluding hydrogens is 525 g/mol. The van der Waals surface area contributed by atoms with E-state index in [2.05, 4.69) is 20.5 Å². The third-order valence-electron chi connectivity index (χ3n) is 6.02. The van der Waals surface area contributed by atoms with Crippen LogP contribution < -0.4 is 16.6 Å². The van der Waals surface area contributed by atoms with Crippen molar-refractivity contribution in [3.8, 4) is 0 Å². The molecule has 0 bridgehead atoms. The molecule has 1 N–H and O–H groups in total. The van der Waals surface area contributed by atoms with Crippen molar-refractivity contribution in [3.05, 3.63) is 97.6 Å². The van der Waals surface area contributed by atoms with E-state index in [0.717, 1.165) is 20.6 Å². The highest BCUT2D eigenvalue weighted by Gasteiger charge is 2.23. The Bertz CT molecular complexity index is 1820. The highest BCUT2D eigenvalue weighted by atomic mass is 35.5. The Labute approximate surface area is 217 Å². The van der Waals surface area contributed by atoms with Gasteiger partial charge in [0.2, 0.25) is 0 Å². The van der Waals surface area contributed by atoms with Gasteiger partial charge in [0.15, 0.2) is 17.5 Å². The van der Waals surface area contributed by atoms with Gasteiger partial charge >= 0.3 is 5.69 Å². The van der Waals surface area contributed by atoms with Gasteiger partial charge in [-0.25, -0.2) is 22.9 Å². The predicted octanol–water partition coefficient (Wildman–Crippen LogP) is 3.50. The molecule has 0 fully saturated rings. The molecule has 14 heteroatoms. The number of aryl methyl sites for hydroxylation is 2. The van der Waals surface area contributed by atoms with Crippen LogP contribution in [-0.2, 0) is 20.6 Å². The van der Waals surface area contributed by atoms with Gasteiger partial charge in [-0.2, -0.15) is 10.2 Å². The number of rotatable bonds is 6. The van der Waals surface area contributed by atoms with Crippen molar-refractivity contribution in [1.29, 1.82) is 0 Å². The summed E-state index contributed by atoms with van der Waals surface area (Å²) in [5.41, 5.74) is -0.901. The zero-order chi connectivity index (χ0) is 27.3. The molecule has 1 atom stereocenters. The second kappa shape index (κ2) is 9.49. The molecule has 0 spiro atoms. The van der Waals surface area contributed by atoms with Gasteiger partial charge in [-0.3, -0.25) is 23.3 Å². The zero-order valence-electron chi connectivity index (χ0n) is 20.3. The summed E-state index contributed by atoms with van der Waals surface area (Å²) in [4.78, 5) is 30.8. The topological polar surface area (TPSA) is 105 Å². The van der Waals surface area contributed by atoms with Gasteiger partial charge in [-0.05, 0) is 25.1 Å². The number of aromatic nitrogens is 7. The van der Waals surface area contributed by atoms with Crippen LogP contribution in [0.5, 0.6) is 0 Å². The van der Waals surface area contributed by atoms with E-state index in [1.54, 1.807) is 37.1 Å². The van der Waals surface area contributed by atoms with Gasteiger partial charge < -0.3 is 5.32 Å². The Morgan fingerprint density at radius 2 is 1.71 bits per heavy atom. The molecule has 0 aliphatic rings. The van der Waals surface area contributed by atoms with Crippen LogP contribution in [0.3, 0.4) is 0 Å². The number of anilines is 2. The molecule has 2 aromatic carbocycles. The summed E-state index contributed by atoms with van der Waals surface area (Å²) in [7, 11) is 3.37. The predicted molar refractivity (Wildman–Crippen MR) is 134 cm³/mol. The maximum Gasteiger partial charge on any atom is 0.333 e. The van der Waals surface area contributed by atoms with E-state index in [-0.39, 0.29) is 28.8 Å². The summed E-state index contributed by atoms with van der Waals surface area (Å²) in [5.74, 6) is -3.57. The number of nitrogens with one attached hydrogen (secondary N) is 1. The van der Waals surface area contributed by atoms with Crippen LogP contribution in [0.2, 0.25) is 5.02 Å². The van der Waals surface area contributed by atoms with Crippen LogP contribution >= 0.6 is 11.6 Å². The summed E-state index contributed by atoms with van der Waals surface area (Å²) in [6, 6.07) is 4.31. The lowest BCUT2D eigenvalue weighted by atomic mass is 10.1. The largest absolute Gasteiger partial charge is 0.340 e. The Kier molecular flexibility index (Phi) is 6.31. The Morgan fingerprint density at radius 3 is 2.42 bits per heavy atom. The lowest BCUT2D eigenvalue weighted by Gasteiger charge is -2.23. The Morgan fingerprint density at radius 1 is 0.974 bits per heavy atom. The van der Waals surface area contributed by atoms with Crippen molar-refractivity contribution >= 4 is 34.0 Å². The fraction of sp³-hybridized carbons (Fsp3) is 0.208. The molecular formula is C24H20ClF3N8O2. The summed E-state index contributed by atoms with van der Waals surface area (Å²) in [5, 5.41) is 12.3. The first-order chi connectivity index (χ1) is 18.0. The van der Waals surface area contributed by atoms with Crippen LogP contribution in [0.4, 0.5) is 24.7 Å². The van der Waals surface area contributed by atoms with E-state index in [0.29, 0.717) is 23.3 Å². The molecule has 3 aromatic heterocycles. The lowest BCUT2D eigenvalue weighted by Crippen LogP contribution is -2.42. The van der Waals surface area contributed by atoms with Gasteiger partial charge in [-0.15, -0.1) is 0 Å². The Hall–Kier alpha value is -4.39. The van der Waals surface area contributed by atoms with E-state index >= 15 is 0 Å². The fourth-order valence-corrected chi connectivity index (χ4v) is 4.41. The van der Waals surface area contributed by atoms with Gasteiger partial charge in [0.1, 0.15) is 18.0 Å². The van der Waals surface area contributed by atoms with Crippen LogP contribution in [0.25, 0.3) is 10.9 Å². The van der Waals surface area contributed by atoms with Gasteiger partial charge in [0.25, 0.3) is 5.56 Å². The van der Waals surface area contributed by atoms with Crippen molar-refractivity contribution in [2.75, 3.05) is 5.32 Å². The summed E-state index contributed by atoms with van der Waals surface area (Å²) in [6.07, 6.45) is 3.16. The molecule has 5 rings (SSSR count). The van der Waals surface area contributed by atoms with Crippen molar-refractivity contribution in [3.63, 3.8) is 0 Å². The van der Waals surface area contributed by atoms with Crippen molar-refractivity contribution in [1.82, 2.24) is 33.7 Å². The van der Waals surface area contributed by atoms with Crippen molar-refractivity contribution in [2.45, 2.75) is 19.5 Å². The van der Waals surface area contributed by atoms with E-state index in [1.165, 1.54) is 17.9 Å².